The maximum absolute atomic E-state index is 13.2. The van der Waals surface area contributed by atoms with Gasteiger partial charge in [-0.25, -0.2) is 0 Å². The number of carbonyl (C=O) groups excluding carboxylic acids is 2. The fourth-order valence-electron chi connectivity index (χ4n) is 4.74. The largest absolute Gasteiger partial charge is 0.496 e. The summed E-state index contributed by atoms with van der Waals surface area (Å²) in [6.45, 7) is 7.34. The topological polar surface area (TPSA) is 59.1 Å². The molecule has 0 saturated carbocycles. The van der Waals surface area contributed by atoms with Crippen molar-refractivity contribution in [3.8, 4) is 5.75 Å². The van der Waals surface area contributed by atoms with E-state index in [4.69, 9.17) is 9.47 Å². The highest BCUT2D eigenvalue weighted by Gasteiger charge is 2.65. The minimum atomic E-state index is -0.639. The predicted molar refractivity (Wildman–Crippen MR) is 95.9 cm³/mol. The number of benzene rings is 1. The van der Waals surface area contributed by atoms with Crippen molar-refractivity contribution in [3.63, 3.8) is 0 Å². The summed E-state index contributed by atoms with van der Waals surface area (Å²) in [7, 11) is 1.57. The number of hydrogen-bond acceptors (Lipinski definition) is 4. The third-order valence-electron chi connectivity index (χ3n) is 6.11. The van der Waals surface area contributed by atoms with Crippen LogP contribution >= 0.6 is 0 Å². The number of aryl methyl sites for hydroxylation is 1. The molecule has 3 aliphatic heterocycles. The molecule has 3 saturated heterocycles. The van der Waals surface area contributed by atoms with Crippen molar-refractivity contribution in [2.75, 3.05) is 20.3 Å². The lowest BCUT2D eigenvalue weighted by atomic mass is 10.0. The van der Waals surface area contributed by atoms with Crippen molar-refractivity contribution in [2.24, 2.45) is 5.92 Å². The lowest BCUT2D eigenvalue weighted by molar-refractivity contribution is -0.139. The Balaban J connectivity index is 1.66. The maximum atomic E-state index is 13.2. The van der Waals surface area contributed by atoms with Crippen molar-refractivity contribution < 1.29 is 19.1 Å². The lowest BCUT2D eigenvalue weighted by Crippen LogP contribution is -2.51. The SMILES string of the molecule is COc1cc(C)ccc1C(=O)N1CC[C@@]23OC[C@@H](C(C)C)N2C(=O)C[C@@H]13. The third kappa shape index (κ3) is 2.28. The summed E-state index contributed by atoms with van der Waals surface area (Å²) < 4.78 is 11.6. The third-order valence-corrected chi connectivity index (χ3v) is 6.11. The fraction of sp³-hybridized carbons (Fsp3) is 0.600. The van der Waals surface area contributed by atoms with Crippen molar-refractivity contribution in [2.45, 2.75) is 51.4 Å². The highest BCUT2D eigenvalue weighted by Crippen LogP contribution is 2.49. The molecule has 3 atom stereocenters. The van der Waals surface area contributed by atoms with Gasteiger partial charge in [0.15, 0.2) is 5.72 Å². The van der Waals surface area contributed by atoms with Gasteiger partial charge in [0.2, 0.25) is 5.91 Å². The van der Waals surface area contributed by atoms with Crippen LogP contribution in [0.4, 0.5) is 0 Å². The highest BCUT2D eigenvalue weighted by atomic mass is 16.5. The quantitative estimate of drug-likeness (QED) is 0.831. The highest BCUT2D eigenvalue weighted by molar-refractivity contribution is 5.98. The first-order chi connectivity index (χ1) is 12.4. The van der Waals surface area contributed by atoms with Gasteiger partial charge in [-0.15, -0.1) is 0 Å². The molecule has 2 amide bonds. The molecule has 0 aromatic heterocycles. The number of amides is 2. The van der Waals surface area contributed by atoms with E-state index in [1.54, 1.807) is 7.11 Å². The van der Waals surface area contributed by atoms with E-state index in [0.29, 0.717) is 43.2 Å². The Morgan fingerprint density at radius 1 is 1.38 bits per heavy atom. The molecule has 3 fully saturated rings. The second kappa shape index (κ2) is 5.98. The minimum absolute atomic E-state index is 0.0880. The maximum Gasteiger partial charge on any atom is 0.258 e. The summed E-state index contributed by atoms with van der Waals surface area (Å²) in [4.78, 5) is 29.7. The summed E-state index contributed by atoms with van der Waals surface area (Å²) >= 11 is 0. The molecular formula is C20H26N2O4. The molecule has 1 aromatic rings. The number of carbonyl (C=O) groups is 2. The van der Waals surface area contributed by atoms with Crippen LogP contribution < -0.4 is 4.74 Å². The molecule has 0 aliphatic carbocycles. The molecule has 6 nitrogen and oxygen atoms in total. The molecule has 4 rings (SSSR count). The van der Waals surface area contributed by atoms with Crippen LogP contribution in [-0.4, -0.2) is 59.7 Å². The molecule has 3 heterocycles. The van der Waals surface area contributed by atoms with Crippen LogP contribution in [0.3, 0.4) is 0 Å². The molecule has 0 bridgehead atoms. The molecule has 1 spiro atoms. The Morgan fingerprint density at radius 2 is 2.15 bits per heavy atom. The van der Waals surface area contributed by atoms with E-state index in [1.165, 1.54) is 0 Å². The van der Waals surface area contributed by atoms with E-state index in [9.17, 15) is 9.59 Å². The van der Waals surface area contributed by atoms with Gasteiger partial charge in [-0.05, 0) is 30.5 Å². The van der Waals surface area contributed by atoms with Gasteiger partial charge in [-0.2, -0.15) is 0 Å². The molecule has 26 heavy (non-hydrogen) atoms. The van der Waals surface area contributed by atoms with Gasteiger partial charge in [0.25, 0.3) is 5.91 Å². The van der Waals surface area contributed by atoms with Crippen LogP contribution in [0, 0.1) is 12.8 Å². The average molecular weight is 358 g/mol. The van der Waals surface area contributed by atoms with Crippen molar-refractivity contribution in [1.82, 2.24) is 9.80 Å². The van der Waals surface area contributed by atoms with Crippen LogP contribution in [-0.2, 0) is 9.53 Å². The standard InChI is InChI=1S/C20H26N2O4/c1-12(2)15-11-26-20-7-8-21(17(20)10-18(23)22(15)20)19(24)14-6-5-13(3)9-16(14)25-4/h5-6,9,12,15,17H,7-8,10-11H2,1-4H3/t15-,17+,20-/m0/s1. The second-order valence-electron chi connectivity index (χ2n) is 7.90. The summed E-state index contributed by atoms with van der Waals surface area (Å²) in [5, 5.41) is 0. The predicted octanol–water partition coefficient (Wildman–Crippen LogP) is 2.20. The van der Waals surface area contributed by atoms with Crippen molar-refractivity contribution >= 4 is 11.8 Å². The van der Waals surface area contributed by atoms with Crippen molar-refractivity contribution in [1.29, 1.82) is 0 Å². The molecule has 1 aromatic carbocycles. The van der Waals surface area contributed by atoms with Gasteiger partial charge in [0.1, 0.15) is 5.75 Å². The Bertz CT molecular complexity index is 762. The van der Waals surface area contributed by atoms with E-state index in [1.807, 2.05) is 34.9 Å². The number of rotatable bonds is 3. The van der Waals surface area contributed by atoms with E-state index in [-0.39, 0.29) is 23.9 Å². The summed E-state index contributed by atoms with van der Waals surface area (Å²) in [5.74, 6) is 0.915. The van der Waals surface area contributed by atoms with Gasteiger partial charge >= 0.3 is 0 Å². The van der Waals surface area contributed by atoms with Gasteiger partial charge in [0.05, 0.1) is 37.8 Å². The molecule has 0 unspecified atom stereocenters. The Morgan fingerprint density at radius 3 is 2.85 bits per heavy atom. The molecule has 0 N–H and O–H groups in total. The normalized spacial score (nSPS) is 30.1. The van der Waals surface area contributed by atoms with Crippen LogP contribution in [0.1, 0.15) is 42.6 Å². The first kappa shape index (κ1) is 17.3. The minimum Gasteiger partial charge on any atom is -0.496 e. The monoisotopic (exact) mass is 358 g/mol. The smallest absolute Gasteiger partial charge is 0.258 e. The lowest BCUT2D eigenvalue weighted by Gasteiger charge is -2.34. The Hall–Kier alpha value is -2.08. The van der Waals surface area contributed by atoms with Crippen molar-refractivity contribution in [3.05, 3.63) is 29.3 Å². The molecule has 6 heteroatoms. The van der Waals surface area contributed by atoms with Crippen LogP contribution in [0.5, 0.6) is 5.75 Å². The molecule has 140 valence electrons. The number of ether oxygens (including phenoxy) is 2. The first-order valence-corrected chi connectivity index (χ1v) is 9.31. The average Bonchev–Trinajstić information content (AvgIpc) is 3.23. The zero-order valence-electron chi connectivity index (χ0n) is 15.8. The zero-order chi connectivity index (χ0) is 18.6. The van der Waals surface area contributed by atoms with Crippen LogP contribution in [0.15, 0.2) is 18.2 Å². The fourth-order valence-corrected chi connectivity index (χ4v) is 4.74. The van der Waals surface area contributed by atoms with E-state index in [0.717, 1.165) is 5.56 Å². The number of methoxy groups -OCH3 is 1. The summed E-state index contributed by atoms with van der Waals surface area (Å²) in [6.07, 6.45) is 1.01. The zero-order valence-corrected chi connectivity index (χ0v) is 15.8. The van der Waals surface area contributed by atoms with E-state index in [2.05, 4.69) is 13.8 Å². The second-order valence-corrected chi connectivity index (χ2v) is 7.90. The van der Waals surface area contributed by atoms with Crippen LogP contribution in [0.25, 0.3) is 0 Å². The number of nitrogens with zero attached hydrogens (tertiary/aromatic N) is 2. The summed E-state index contributed by atoms with van der Waals surface area (Å²) in [5.41, 5.74) is 0.941. The van der Waals surface area contributed by atoms with Gasteiger partial charge < -0.3 is 19.3 Å². The first-order valence-electron chi connectivity index (χ1n) is 9.31. The van der Waals surface area contributed by atoms with Crippen LogP contribution in [0.2, 0.25) is 0 Å². The summed E-state index contributed by atoms with van der Waals surface area (Å²) in [6, 6.07) is 5.46. The molecular weight excluding hydrogens is 332 g/mol. The number of likely N-dealkylation sites (tertiary alicyclic amines) is 1. The van der Waals surface area contributed by atoms with E-state index >= 15 is 0 Å². The van der Waals surface area contributed by atoms with E-state index < -0.39 is 5.72 Å². The molecule has 3 aliphatic rings. The van der Waals surface area contributed by atoms with Gasteiger partial charge in [-0.3, -0.25) is 9.59 Å². The Labute approximate surface area is 154 Å². The number of hydrogen-bond donors (Lipinski definition) is 0. The molecule has 0 radical (unpaired) electrons. The Kier molecular flexibility index (Phi) is 3.99. The van der Waals surface area contributed by atoms with Gasteiger partial charge in [0, 0.05) is 13.0 Å². The van der Waals surface area contributed by atoms with Gasteiger partial charge in [-0.1, -0.05) is 19.9 Å².